The normalized spacial score (nSPS) is 19.6. The molecule has 0 saturated carbocycles. The standard InChI is InChI=1S/C14H19NO2/c1-10-5-3-7-13(11(10)2)15-8-4-6-12(15)9-14(16)17/h3,5,7,12H,4,6,8-9H2,1-2H3,(H,16,17). The summed E-state index contributed by atoms with van der Waals surface area (Å²) in [5.74, 6) is -0.702. The molecule has 1 unspecified atom stereocenters. The molecule has 0 spiro atoms. The summed E-state index contributed by atoms with van der Waals surface area (Å²) in [7, 11) is 0. The molecular weight excluding hydrogens is 214 g/mol. The highest BCUT2D eigenvalue weighted by Crippen LogP contribution is 2.31. The van der Waals surface area contributed by atoms with Crippen molar-refractivity contribution in [2.45, 2.75) is 39.2 Å². The van der Waals surface area contributed by atoms with Gasteiger partial charge in [-0.2, -0.15) is 0 Å². The van der Waals surface area contributed by atoms with E-state index in [1.54, 1.807) is 0 Å². The lowest BCUT2D eigenvalue weighted by Gasteiger charge is -2.28. The van der Waals surface area contributed by atoms with E-state index in [1.807, 2.05) is 6.07 Å². The van der Waals surface area contributed by atoms with Crippen LogP contribution in [0.3, 0.4) is 0 Å². The van der Waals surface area contributed by atoms with Gasteiger partial charge in [0.05, 0.1) is 6.42 Å². The summed E-state index contributed by atoms with van der Waals surface area (Å²) in [4.78, 5) is 13.1. The van der Waals surface area contributed by atoms with Gasteiger partial charge in [-0.3, -0.25) is 4.79 Å². The Labute approximate surface area is 102 Å². The van der Waals surface area contributed by atoms with E-state index >= 15 is 0 Å². The van der Waals surface area contributed by atoms with Crippen molar-refractivity contribution in [2.24, 2.45) is 0 Å². The molecule has 1 aromatic carbocycles. The van der Waals surface area contributed by atoms with Gasteiger partial charge in [-0.15, -0.1) is 0 Å². The van der Waals surface area contributed by atoms with Crippen LogP contribution >= 0.6 is 0 Å². The van der Waals surface area contributed by atoms with Gasteiger partial charge in [-0.1, -0.05) is 12.1 Å². The molecule has 1 atom stereocenters. The van der Waals surface area contributed by atoms with E-state index in [2.05, 4.69) is 30.9 Å². The highest BCUT2D eigenvalue weighted by Gasteiger charge is 2.27. The fourth-order valence-electron chi connectivity index (χ4n) is 2.61. The van der Waals surface area contributed by atoms with Gasteiger partial charge in [0.15, 0.2) is 0 Å². The van der Waals surface area contributed by atoms with Crippen molar-refractivity contribution in [3.8, 4) is 0 Å². The number of nitrogens with zero attached hydrogens (tertiary/aromatic N) is 1. The fourth-order valence-corrected chi connectivity index (χ4v) is 2.61. The molecule has 3 heteroatoms. The van der Waals surface area contributed by atoms with Crippen LogP contribution in [0, 0.1) is 13.8 Å². The van der Waals surface area contributed by atoms with Crippen LogP contribution in [0.1, 0.15) is 30.4 Å². The first-order valence-corrected chi connectivity index (χ1v) is 6.14. The topological polar surface area (TPSA) is 40.5 Å². The molecule has 0 aromatic heterocycles. The monoisotopic (exact) mass is 233 g/mol. The molecule has 3 nitrogen and oxygen atoms in total. The molecule has 0 radical (unpaired) electrons. The predicted molar refractivity (Wildman–Crippen MR) is 68.5 cm³/mol. The molecule has 0 bridgehead atoms. The Morgan fingerprint density at radius 3 is 2.94 bits per heavy atom. The Morgan fingerprint density at radius 2 is 2.24 bits per heavy atom. The van der Waals surface area contributed by atoms with Crippen LogP contribution in [0.4, 0.5) is 5.69 Å². The maximum atomic E-state index is 10.9. The second kappa shape index (κ2) is 4.78. The van der Waals surface area contributed by atoms with E-state index in [4.69, 9.17) is 5.11 Å². The van der Waals surface area contributed by atoms with Crippen molar-refractivity contribution in [1.82, 2.24) is 0 Å². The number of carboxylic acid groups (broad SMARTS) is 1. The van der Waals surface area contributed by atoms with Crippen LogP contribution in [-0.2, 0) is 4.79 Å². The number of carboxylic acids is 1. The van der Waals surface area contributed by atoms with Crippen LogP contribution in [-0.4, -0.2) is 23.7 Å². The SMILES string of the molecule is Cc1cccc(N2CCCC2CC(=O)O)c1C. The van der Waals surface area contributed by atoms with Gasteiger partial charge < -0.3 is 10.0 Å². The zero-order valence-electron chi connectivity index (χ0n) is 10.4. The first-order chi connectivity index (χ1) is 8.09. The molecule has 1 fully saturated rings. The minimum absolute atomic E-state index is 0.160. The van der Waals surface area contributed by atoms with E-state index in [1.165, 1.54) is 16.8 Å². The van der Waals surface area contributed by atoms with Crippen molar-refractivity contribution in [1.29, 1.82) is 0 Å². The van der Waals surface area contributed by atoms with E-state index in [-0.39, 0.29) is 12.5 Å². The summed E-state index contributed by atoms with van der Waals surface area (Å²) in [5, 5.41) is 8.94. The third-order valence-electron chi connectivity index (χ3n) is 3.67. The number of anilines is 1. The van der Waals surface area contributed by atoms with Gasteiger partial charge in [0.25, 0.3) is 0 Å². The molecule has 1 N–H and O–H groups in total. The van der Waals surface area contributed by atoms with E-state index in [0.717, 1.165) is 19.4 Å². The Morgan fingerprint density at radius 1 is 1.47 bits per heavy atom. The number of carbonyl (C=O) groups is 1. The number of aryl methyl sites for hydroxylation is 1. The third kappa shape index (κ3) is 2.43. The Bertz CT molecular complexity index is 428. The highest BCUT2D eigenvalue weighted by atomic mass is 16.4. The number of rotatable bonds is 3. The maximum absolute atomic E-state index is 10.9. The van der Waals surface area contributed by atoms with Gasteiger partial charge in [-0.05, 0) is 43.9 Å². The molecule has 1 heterocycles. The minimum atomic E-state index is -0.702. The predicted octanol–water partition coefficient (Wildman–Crippen LogP) is 2.75. The molecule has 1 saturated heterocycles. The van der Waals surface area contributed by atoms with Gasteiger partial charge in [0.2, 0.25) is 0 Å². The maximum Gasteiger partial charge on any atom is 0.305 e. The Hall–Kier alpha value is -1.51. The summed E-state index contributed by atoms with van der Waals surface area (Å²) in [5.41, 5.74) is 3.74. The molecule has 2 rings (SSSR count). The van der Waals surface area contributed by atoms with Crippen molar-refractivity contribution in [2.75, 3.05) is 11.4 Å². The zero-order chi connectivity index (χ0) is 12.4. The summed E-state index contributed by atoms with van der Waals surface area (Å²) < 4.78 is 0. The molecule has 17 heavy (non-hydrogen) atoms. The molecule has 92 valence electrons. The minimum Gasteiger partial charge on any atom is -0.481 e. The number of benzene rings is 1. The highest BCUT2D eigenvalue weighted by molar-refractivity contribution is 5.69. The smallest absolute Gasteiger partial charge is 0.305 e. The van der Waals surface area contributed by atoms with Gasteiger partial charge in [0, 0.05) is 18.3 Å². The molecule has 1 aromatic rings. The quantitative estimate of drug-likeness (QED) is 0.872. The van der Waals surface area contributed by atoms with Gasteiger partial charge >= 0.3 is 5.97 Å². The van der Waals surface area contributed by atoms with E-state index < -0.39 is 5.97 Å². The van der Waals surface area contributed by atoms with Gasteiger partial charge in [0.1, 0.15) is 0 Å². The van der Waals surface area contributed by atoms with Crippen molar-refractivity contribution >= 4 is 11.7 Å². The van der Waals surface area contributed by atoms with Crippen LogP contribution in [0.2, 0.25) is 0 Å². The molecular formula is C14H19NO2. The second-order valence-electron chi connectivity index (χ2n) is 4.81. The molecule has 0 amide bonds. The lowest BCUT2D eigenvalue weighted by molar-refractivity contribution is -0.137. The van der Waals surface area contributed by atoms with Crippen LogP contribution in [0.25, 0.3) is 0 Å². The Kier molecular flexibility index (Phi) is 3.36. The lowest BCUT2D eigenvalue weighted by atomic mass is 10.1. The van der Waals surface area contributed by atoms with Crippen LogP contribution < -0.4 is 4.90 Å². The molecule has 0 aliphatic carbocycles. The third-order valence-corrected chi connectivity index (χ3v) is 3.67. The van der Waals surface area contributed by atoms with Crippen molar-refractivity contribution in [3.05, 3.63) is 29.3 Å². The number of aliphatic carboxylic acids is 1. The Balaban J connectivity index is 2.26. The average Bonchev–Trinajstić information content (AvgIpc) is 2.69. The fraction of sp³-hybridized carbons (Fsp3) is 0.500. The van der Waals surface area contributed by atoms with Crippen LogP contribution in [0.15, 0.2) is 18.2 Å². The lowest BCUT2D eigenvalue weighted by Crippen LogP contribution is -2.31. The van der Waals surface area contributed by atoms with E-state index in [0.29, 0.717) is 0 Å². The first kappa shape index (κ1) is 12.0. The first-order valence-electron chi connectivity index (χ1n) is 6.14. The van der Waals surface area contributed by atoms with Crippen LogP contribution in [0.5, 0.6) is 0 Å². The summed E-state index contributed by atoms with van der Waals surface area (Å²) >= 11 is 0. The average molecular weight is 233 g/mol. The number of hydrogen-bond donors (Lipinski definition) is 1. The van der Waals surface area contributed by atoms with Gasteiger partial charge in [-0.25, -0.2) is 0 Å². The molecule has 1 aliphatic heterocycles. The number of hydrogen-bond acceptors (Lipinski definition) is 2. The van der Waals surface area contributed by atoms with E-state index in [9.17, 15) is 4.79 Å². The molecule has 1 aliphatic rings. The summed E-state index contributed by atoms with van der Waals surface area (Å²) in [6.07, 6.45) is 2.32. The summed E-state index contributed by atoms with van der Waals surface area (Å²) in [6.45, 7) is 5.18. The van der Waals surface area contributed by atoms with Crippen molar-refractivity contribution < 1.29 is 9.90 Å². The van der Waals surface area contributed by atoms with Crippen molar-refractivity contribution in [3.63, 3.8) is 0 Å². The summed E-state index contributed by atoms with van der Waals surface area (Å²) in [6, 6.07) is 6.41. The second-order valence-corrected chi connectivity index (χ2v) is 4.81. The largest absolute Gasteiger partial charge is 0.481 e. The zero-order valence-corrected chi connectivity index (χ0v) is 10.4.